The summed E-state index contributed by atoms with van der Waals surface area (Å²) < 4.78 is 23.0. The van der Waals surface area contributed by atoms with Crippen LogP contribution in [-0.4, -0.2) is 4.57 Å². The summed E-state index contributed by atoms with van der Waals surface area (Å²) in [6.07, 6.45) is 0. The normalized spacial score (nSPS) is 13.2. The number of rotatable bonds is 6. The standard InChI is InChI=1S/C81H49N3O2S2/c1-46-20-3-11-30-62(46)82(48-38-40-53-51-23-8-17-36-70(51)87-72(53)42-48)66-44-60-76(79-74(66)56-25-6-15-34-68(56)85-79)77-61(81(60)58-28-10-14-33-65(58)84-64-32-13-5-22-50(64)55-27-19-29-59(81)78(55)84)45-67(75-57-26-7-16-35-69(57)86-80(75)77)83(63-31-12-4-21-47(63)2)49-39-41-54-52-24-9-18-37-71(52)88-73(54)43-49/h3-45H,1-2H3. The second kappa shape index (κ2) is 17.7. The molecule has 5 aromatic heterocycles. The molecule has 0 amide bonds. The van der Waals surface area contributed by atoms with E-state index in [0.717, 1.165) is 117 Å². The summed E-state index contributed by atoms with van der Waals surface area (Å²) in [5.74, 6) is 0. The van der Waals surface area contributed by atoms with Crippen LogP contribution >= 0.6 is 22.7 Å². The number of nitrogens with zero attached hydrogens (tertiary/aromatic N) is 3. The molecule has 18 aromatic rings. The van der Waals surface area contributed by atoms with Crippen molar-refractivity contribution in [2.45, 2.75) is 19.3 Å². The lowest BCUT2D eigenvalue weighted by molar-refractivity contribution is 0.665. The first-order valence-corrected chi connectivity index (χ1v) is 31.8. The summed E-state index contributed by atoms with van der Waals surface area (Å²) in [6.45, 7) is 4.48. The van der Waals surface area contributed by atoms with Gasteiger partial charge in [-0.15, -0.1) is 22.7 Å². The quantitative estimate of drug-likeness (QED) is 0.166. The molecule has 0 bridgehead atoms. The molecule has 1 aliphatic heterocycles. The Morgan fingerprint density at radius 2 is 0.784 bits per heavy atom. The van der Waals surface area contributed by atoms with E-state index in [-0.39, 0.29) is 0 Å². The first-order chi connectivity index (χ1) is 43.5. The molecule has 5 nitrogen and oxygen atoms in total. The maximum Gasteiger partial charge on any atom is 0.145 e. The van der Waals surface area contributed by atoms with Gasteiger partial charge in [-0.2, -0.15) is 0 Å². The molecule has 0 unspecified atom stereocenters. The topological polar surface area (TPSA) is 37.7 Å². The van der Waals surface area contributed by atoms with Gasteiger partial charge < -0.3 is 23.2 Å². The zero-order valence-corrected chi connectivity index (χ0v) is 49.4. The highest BCUT2D eigenvalue weighted by atomic mass is 32.1. The summed E-state index contributed by atoms with van der Waals surface area (Å²) in [6, 6.07) is 97.1. The third kappa shape index (κ3) is 6.28. The number of hydrogen-bond donors (Lipinski definition) is 0. The SMILES string of the molecule is Cc1ccccc1N(c1ccc2c(c1)sc1ccccc12)c1cc2c(c3oc4ccccc4c13)-c1c(cc(N(c3ccc4c(c3)sc3ccccc34)c3ccccc3C)c3c1oc1ccccc13)C21c2ccccc2-n2c3ccccc3c3cccc1c32. The van der Waals surface area contributed by atoms with Gasteiger partial charge in [0.25, 0.3) is 0 Å². The van der Waals surface area contributed by atoms with Crippen molar-refractivity contribution in [1.82, 2.24) is 4.57 Å². The highest BCUT2D eigenvalue weighted by molar-refractivity contribution is 7.26. The van der Waals surface area contributed by atoms with Gasteiger partial charge in [0.05, 0.1) is 44.3 Å². The van der Waals surface area contributed by atoms with Gasteiger partial charge in [-0.3, -0.25) is 0 Å². The van der Waals surface area contributed by atoms with Crippen LogP contribution in [0.2, 0.25) is 0 Å². The molecule has 0 atom stereocenters. The minimum absolute atomic E-state index is 0.824. The summed E-state index contributed by atoms with van der Waals surface area (Å²) in [5, 5.41) is 11.7. The van der Waals surface area contributed by atoms with Crippen molar-refractivity contribution in [3.8, 4) is 16.8 Å². The number of aryl methyl sites for hydroxylation is 2. The predicted molar refractivity (Wildman–Crippen MR) is 371 cm³/mol. The molecule has 2 aliphatic rings. The average molecular weight is 1160 g/mol. The van der Waals surface area contributed by atoms with Crippen molar-refractivity contribution < 1.29 is 8.83 Å². The maximum atomic E-state index is 7.71. The Morgan fingerprint density at radius 3 is 1.35 bits per heavy atom. The van der Waals surface area contributed by atoms with Gasteiger partial charge in [0, 0.05) is 95.8 Å². The molecule has 0 fully saturated rings. The van der Waals surface area contributed by atoms with Crippen molar-refractivity contribution in [3.63, 3.8) is 0 Å². The predicted octanol–water partition coefficient (Wildman–Crippen LogP) is 23.6. The van der Waals surface area contributed by atoms with Gasteiger partial charge in [0.15, 0.2) is 0 Å². The zero-order valence-electron chi connectivity index (χ0n) is 47.8. The Kier molecular flexibility index (Phi) is 9.77. The van der Waals surface area contributed by atoms with Crippen molar-refractivity contribution in [1.29, 1.82) is 0 Å². The number of hydrogen-bond acceptors (Lipinski definition) is 6. The number of fused-ring (bicyclic) bond motifs is 26. The Bertz CT molecular complexity index is 5800. The van der Waals surface area contributed by atoms with Crippen LogP contribution < -0.4 is 9.80 Å². The third-order valence-corrected chi connectivity index (χ3v) is 21.7. The van der Waals surface area contributed by atoms with Crippen LogP contribution in [0.25, 0.3) is 123 Å². The molecule has 0 saturated carbocycles. The smallest absolute Gasteiger partial charge is 0.145 e. The summed E-state index contributed by atoms with van der Waals surface area (Å²) in [4.78, 5) is 5.05. The average Bonchev–Trinajstić information content (AvgIpc) is 1.47. The largest absolute Gasteiger partial charge is 0.455 e. The fraction of sp³-hybridized carbons (Fsp3) is 0.0370. The lowest BCUT2D eigenvalue weighted by atomic mass is 9.65. The van der Waals surface area contributed by atoms with E-state index in [4.69, 9.17) is 8.83 Å². The zero-order chi connectivity index (χ0) is 57.7. The van der Waals surface area contributed by atoms with Crippen LogP contribution in [0.5, 0.6) is 0 Å². The van der Waals surface area contributed by atoms with Gasteiger partial charge in [0.1, 0.15) is 22.3 Å². The van der Waals surface area contributed by atoms with E-state index >= 15 is 0 Å². The summed E-state index contributed by atoms with van der Waals surface area (Å²) >= 11 is 3.71. The van der Waals surface area contributed by atoms with Gasteiger partial charge in [0.2, 0.25) is 0 Å². The van der Waals surface area contributed by atoms with Gasteiger partial charge in [-0.1, -0.05) is 176 Å². The highest BCUT2D eigenvalue weighted by Gasteiger charge is 2.54. The number of benzene rings is 13. The molecule has 1 spiro atoms. The molecule has 0 saturated heterocycles. The monoisotopic (exact) mass is 1160 g/mol. The molecule has 412 valence electrons. The Balaban J connectivity index is 0.996. The van der Waals surface area contributed by atoms with Gasteiger partial charge in [-0.05, 0) is 132 Å². The lowest BCUT2D eigenvalue weighted by Crippen LogP contribution is -2.34. The van der Waals surface area contributed by atoms with Crippen molar-refractivity contribution >= 4 is 163 Å². The number of furan rings is 2. The number of para-hydroxylation sites is 7. The van der Waals surface area contributed by atoms with E-state index in [2.05, 4.69) is 289 Å². The molecular formula is C81H49N3O2S2. The fourth-order valence-corrected chi connectivity index (χ4v) is 18.1. The Morgan fingerprint density at radius 1 is 0.341 bits per heavy atom. The van der Waals surface area contributed by atoms with E-state index in [1.165, 1.54) is 73.3 Å². The number of thiophene rings is 2. The second-order valence-corrected chi connectivity index (χ2v) is 26.0. The lowest BCUT2D eigenvalue weighted by Gasteiger charge is -2.40. The van der Waals surface area contributed by atoms with E-state index < -0.39 is 5.41 Å². The van der Waals surface area contributed by atoms with Crippen molar-refractivity contribution in [3.05, 3.63) is 294 Å². The van der Waals surface area contributed by atoms with E-state index in [0.29, 0.717) is 0 Å². The number of anilines is 6. The molecule has 0 radical (unpaired) electrons. The molecule has 0 N–H and O–H groups in total. The number of aromatic nitrogens is 1. The van der Waals surface area contributed by atoms with Crippen molar-refractivity contribution in [2.24, 2.45) is 0 Å². The van der Waals surface area contributed by atoms with E-state index in [9.17, 15) is 0 Å². The molecular weight excluding hydrogens is 1110 g/mol. The maximum absolute atomic E-state index is 7.71. The molecule has 20 rings (SSSR count). The van der Waals surface area contributed by atoms with Crippen LogP contribution in [0.15, 0.2) is 270 Å². The minimum Gasteiger partial charge on any atom is -0.455 e. The molecule has 1 aliphatic carbocycles. The van der Waals surface area contributed by atoms with Crippen LogP contribution in [-0.2, 0) is 5.41 Å². The first-order valence-electron chi connectivity index (χ1n) is 30.1. The summed E-state index contributed by atoms with van der Waals surface area (Å²) in [7, 11) is 0. The van der Waals surface area contributed by atoms with Crippen LogP contribution in [0.3, 0.4) is 0 Å². The Hall–Kier alpha value is -10.7. The first kappa shape index (κ1) is 48.5. The fourth-order valence-electron chi connectivity index (χ4n) is 15.8. The van der Waals surface area contributed by atoms with Crippen LogP contribution in [0.1, 0.15) is 33.4 Å². The highest BCUT2D eigenvalue weighted by Crippen LogP contribution is 2.67. The van der Waals surface area contributed by atoms with Gasteiger partial charge in [-0.25, -0.2) is 0 Å². The van der Waals surface area contributed by atoms with E-state index in [1.807, 2.05) is 22.7 Å². The van der Waals surface area contributed by atoms with Crippen LogP contribution in [0, 0.1) is 13.8 Å². The van der Waals surface area contributed by atoms with Crippen LogP contribution in [0.4, 0.5) is 34.1 Å². The molecule has 6 heterocycles. The molecule has 13 aromatic carbocycles. The second-order valence-electron chi connectivity index (χ2n) is 23.9. The molecule has 7 heteroatoms. The Labute approximate surface area is 513 Å². The molecule has 88 heavy (non-hydrogen) atoms. The van der Waals surface area contributed by atoms with Gasteiger partial charge >= 0.3 is 0 Å². The van der Waals surface area contributed by atoms with Crippen molar-refractivity contribution in [2.75, 3.05) is 9.80 Å². The third-order valence-electron chi connectivity index (χ3n) is 19.4. The minimum atomic E-state index is -0.964. The summed E-state index contributed by atoms with van der Waals surface area (Å²) in [5.41, 5.74) is 21.3. The van der Waals surface area contributed by atoms with E-state index in [1.54, 1.807) is 0 Å².